The fraction of sp³-hybridized carbons (Fsp3) is 0.192. The van der Waals surface area contributed by atoms with Gasteiger partial charge < -0.3 is 20.1 Å². The summed E-state index contributed by atoms with van der Waals surface area (Å²) in [5, 5.41) is 5.55. The molecule has 1 heterocycles. The molecule has 0 aromatic heterocycles. The smallest absolute Gasteiger partial charge is 0.265 e. The van der Waals surface area contributed by atoms with Gasteiger partial charge in [-0.05, 0) is 55.5 Å². The Kier molecular flexibility index (Phi) is 6.77. The molecule has 8 nitrogen and oxygen atoms in total. The van der Waals surface area contributed by atoms with Crippen molar-refractivity contribution in [2.24, 2.45) is 0 Å². The second-order valence-electron chi connectivity index (χ2n) is 7.87. The first-order chi connectivity index (χ1) is 16.4. The molecule has 1 atom stereocenters. The Morgan fingerprint density at radius 2 is 1.65 bits per heavy atom. The number of anilines is 3. The molecule has 0 bridgehead atoms. The van der Waals surface area contributed by atoms with Gasteiger partial charge >= 0.3 is 0 Å². The van der Waals surface area contributed by atoms with Crippen molar-refractivity contribution in [1.82, 2.24) is 0 Å². The summed E-state index contributed by atoms with van der Waals surface area (Å²) in [6, 6.07) is 20.1. The maximum absolute atomic E-state index is 13.2. The summed E-state index contributed by atoms with van der Waals surface area (Å²) in [6.45, 7) is 1.68. The average molecular weight is 460 g/mol. The van der Waals surface area contributed by atoms with Crippen molar-refractivity contribution in [3.8, 4) is 11.5 Å². The van der Waals surface area contributed by atoms with Gasteiger partial charge in [0.15, 0.2) is 6.61 Å². The summed E-state index contributed by atoms with van der Waals surface area (Å²) in [4.78, 5) is 40.3. The summed E-state index contributed by atoms with van der Waals surface area (Å²) in [5.41, 5.74) is 2.65. The highest BCUT2D eigenvalue weighted by Gasteiger charge is 2.38. The van der Waals surface area contributed by atoms with Gasteiger partial charge in [0.1, 0.15) is 17.5 Å². The number of fused-ring (bicyclic) bond motifs is 1. The molecule has 3 amide bonds. The number of ether oxygens (including phenoxy) is 2. The first kappa shape index (κ1) is 22.8. The predicted octanol–water partition coefficient (Wildman–Crippen LogP) is 3.77. The van der Waals surface area contributed by atoms with Crippen molar-refractivity contribution in [3.63, 3.8) is 0 Å². The van der Waals surface area contributed by atoms with Crippen LogP contribution in [0.5, 0.6) is 11.5 Å². The zero-order valence-electron chi connectivity index (χ0n) is 18.9. The highest BCUT2D eigenvalue weighted by atomic mass is 16.5. The van der Waals surface area contributed by atoms with Gasteiger partial charge in [-0.2, -0.15) is 0 Å². The molecule has 0 aliphatic carbocycles. The summed E-state index contributed by atoms with van der Waals surface area (Å²) >= 11 is 0. The Balaban J connectivity index is 1.52. The molecule has 1 aliphatic rings. The molecule has 0 unspecified atom stereocenters. The summed E-state index contributed by atoms with van der Waals surface area (Å²) in [6.07, 6.45) is -0.220. The fourth-order valence-electron chi connectivity index (χ4n) is 3.69. The molecule has 0 radical (unpaired) electrons. The predicted molar refractivity (Wildman–Crippen MR) is 129 cm³/mol. The Hall–Kier alpha value is -4.33. The standard InChI is InChI=1S/C26H25N3O5/c1-17-7-11-20(12-8-17)34-16-25(31)29-22-6-4-3-5-21(22)28-26(32)23(29)15-24(30)27-18-9-13-19(33-2)14-10-18/h3-14,23H,15-16H2,1-2H3,(H,27,30)(H,28,32)/t23-/m0/s1. The number of hydrogen-bond donors (Lipinski definition) is 2. The maximum atomic E-state index is 13.2. The third-order valence-corrected chi connectivity index (χ3v) is 5.44. The summed E-state index contributed by atoms with van der Waals surface area (Å²) in [5.74, 6) is -0.0616. The normalized spacial score (nSPS) is 14.6. The molecule has 0 saturated heterocycles. The van der Waals surface area contributed by atoms with Crippen LogP contribution in [0.25, 0.3) is 0 Å². The highest BCUT2D eigenvalue weighted by Crippen LogP contribution is 2.33. The van der Waals surface area contributed by atoms with Crippen LogP contribution in [0.15, 0.2) is 72.8 Å². The second-order valence-corrected chi connectivity index (χ2v) is 7.87. The van der Waals surface area contributed by atoms with E-state index in [1.807, 2.05) is 19.1 Å². The largest absolute Gasteiger partial charge is 0.497 e. The van der Waals surface area contributed by atoms with Crippen LogP contribution < -0.4 is 25.0 Å². The summed E-state index contributed by atoms with van der Waals surface area (Å²) < 4.78 is 10.8. The Labute approximate surface area is 197 Å². The van der Waals surface area contributed by atoms with Crippen molar-refractivity contribution in [3.05, 3.63) is 78.4 Å². The lowest BCUT2D eigenvalue weighted by molar-refractivity contribution is -0.127. The molecule has 34 heavy (non-hydrogen) atoms. The van der Waals surface area contributed by atoms with Gasteiger partial charge in [0.05, 0.1) is 24.9 Å². The first-order valence-electron chi connectivity index (χ1n) is 10.8. The van der Waals surface area contributed by atoms with E-state index in [0.29, 0.717) is 28.6 Å². The SMILES string of the molecule is COc1ccc(NC(=O)C[C@H]2C(=O)Nc3ccccc3N2C(=O)COc2ccc(C)cc2)cc1. The van der Waals surface area contributed by atoms with Crippen molar-refractivity contribution in [2.75, 3.05) is 29.3 Å². The number of benzene rings is 3. The van der Waals surface area contributed by atoms with E-state index < -0.39 is 23.8 Å². The molecule has 1 aliphatic heterocycles. The van der Waals surface area contributed by atoms with E-state index in [1.165, 1.54) is 4.90 Å². The lowest BCUT2D eigenvalue weighted by Gasteiger charge is -2.36. The molecule has 0 fully saturated rings. The van der Waals surface area contributed by atoms with Gasteiger partial charge in [0.2, 0.25) is 11.8 Å². The fourth-order valence-corrected chi connectivity index (χ4v) is 3.69. The Morgan fingerprint density at radius 1 is 0.971 bits per heavy atom. The van der Waals surface area contributed by atoms with E-state index >= 15 is 0 Å². The van der Waals surface area contributed by atoms with E-state index in [4.69, 9.17) is 9.47 Å². The van der Waals surface area contributed by atoms with Crippen LogP contribution in [0.3, 0.4) is 0 Å². The molecular weight excluding hydrogens is 434 g/mol. The highest BCUT2D eigenvalue weighted by molar-refractivity contribution is 6.14. The molecule has 174 valence electrons. The van der Waals surface area contributed by atoms with Gasteiger partial charge in [0, 0.05) is 5.69 Å². The van der Waals surface area contributed by atoms with Crippen molar-refractivity contribution in [1.29, 1.82) is 0 Å². The maximum Gasteiger partial charge on any atom is 0.265 e. The molecule has 3 aromatic rings. The molecule has 4 rings (SSSR count). The quantitative estimate of drug-likeness (QED) is 0.561. The number of para-hydroxylation sites is 2. The molecule has 8 heteroatoms. The lowest BCUT2D eigenvalue weighted by atomic mass is 10.0. The second kappa shape index (κ2) is 10.1. The minimum absolute atomic E-state index is 0.220. The van der Waals surface area contributed by atoms with E-state index in [-0.39, 0.29) is 13.0 Å². The van der Waals surface area contributed by atoms with Crippen LogP contribution in [0.1, 0.15) is 12.0 Å². The van der Waals surface area contributed by atoms with E-state index in [1.54, 1.807) is 67.8 Å². The van der Waals surface area contributed by atoms with Gasteiger partial charge in [-0.3, -0.25) is 19.3 Å². The molecule has 0 spiro atoms. The monoisotopic (exact) mass is 459 g/mol. The van der Waals surface area contributed by atoms with E-state index in [0.717, 1.165) is 5.56 Å². The molecular formula is C26H25N3O5. The Morgan fingerprint density at radius 3 is 2.35 bits per heavy atom. The third-order valence-electron chi connectivity index (χ3n) is 5.44. The van der Waals surface area contributed by atoms with Crippen LogP contribution in [0.4, 0.5) is 17.1 Å². The van der Waals surface area contributed by atoms with Crippen LogP contribution in [-0.4, -0.2) is 37.5 Å². The van der Waals surface area contributed by atoms with Crippen molar-refractivity contribution >= 4 is 34.8 Å². The number of hydrogen-bond acceptors (Lipinski definition) is 5. The minimum atomic E-state index is -1.03. The zero-order chi connectivity index (χ0) is 24.1. The Bertz CT molecular complexity index is 1190. The lowest BCUT2D eigenvalue weighted by Crippen LogP contribution is -2.53. The number of methoxy groups -OCH3 is 1. The van der Waals surface area contributed by atoms with Crippen LogP contribution in [0.2, 0.25) is 0 Å². The van der Waals surface area contributed by atoms with Gasteiger partial charge in [-0.15, -0.1) is 0 Å². The van der Waals surface area contributed by atoms with Crippen molar-refractivity contribution in [2.45, 2.75) is 19.4 Å². The number of rotatable bonds is 7. The first-order valence-corrected chi connectivity index (χ1v) is 10.8. The van der Waals surface area contributed by atoms with E-state index in [2.05, 4.69) is 10.6 Å². The van der Waals surface area contributed by atoms with E-state index in [9.17, 15) is 14.4 Å². The number of nitrogens with zero attached hydrogens (tertiary/aromatic N) is 1. The minimum Gasteiger partial charge on any atom is -0.497 e. The number of carbonyl (C=O) groups excluding carboxylic acids is 3. The van der Waals surface area contributed by atoms with Crippen molar-refractivity contribution < 1.29 is 23.9 Å². The zero-order valence-corrected chi connectivity index (χ0v) is 18.9. The molecule has 0 saturated carbocycles. The number of amides is 3. The average Bonchev–Trinajstić information content (AvgIpc) is 2.84. The number of nitrogens with one attached hydrogen (secondary N) is 2. The van der Waals surface area contributed by atoms with Crippen LogP contribution in [-0.2, 0) is 14.4 Å². The summed E-state index contributed by atoms with van der Waals surface area (Å²) in [7, 11) is 1.56. The molecule has 2 N–H and O–H groups in total. The number of aryl methyl sites for hydroxylation is 1. The third kappa shape index (κ3) is 5.17. The van der Waals surface area contributed by atoms with Gasteiger partial charge in [-0.25, -0.2) is 0 Å². The van der Waals surface area contributed by atoms with Gasteiger partial charge in [-0.1, -0.05) is 29.8 Å². The topological polar surface area (TPSA) is 97.0 Å². The molecule has 3 aromatic carbocycles. The van der Waals surface area contributed by atoms with Crippen LogP contribution >= 0.6 is 0 Å². The van der Waals surface area contributed by atoms with Gasteiger partial charge in [0.25, 0.3) is 5.91 Å². The van der Waals surface area contributed by atoms with Crippen LogP contribution in [0, 0.1) is 6.92 Å². The number of carbonyl (C=O) groups is 3.